The lowest BCUT2D eigenvalue weighted by Crippen LogP contribution is -1.95. The Morgan fingerprint density at radius 2 is 1.51 bits per heavy atom. The predicted octanol–water partition coefficient (Wildman–Crippen LogP) is 9.58. The van der Waals surface area contributed by atoms with E-state index in [-0.39, 0.29) is 0 Å². The molecule has 35 heavy (non-hydrogen) atoms. The Hall–Kier alpha value is -4.56. The minimum atomic E-state index is 0.891. The van der Waals surface area contributed by atoms with Gasteiger partial charge in [-0.15, -0.1) is 0 Å². The average molecular weight is 452 g/mol. The molecule has 0 aliphatic heterocycles. The molecule has 0 saturated carbocycles. The van der Waals surface area contributed by atoms with Crippen LogP contribution in [0.2, 0.25) is 0 Å². The third-order valence-corrected chi connectivity index (χ3v) is 6.57. The molecule has 0 fully saturated rings. The number of anilines is 2. The monoisotopic (exact) mass is 451 g/mol. The fourth-order valence-corrected chi connectivity index (χ4v) is 4.99. The van der Waals surface area contributed by atoms with Gasteiger partial charge in [0.25, 0.3) is 0 Å². The first-order valence-electron chi connectivity index (χ1n) is 11.9. The Bertz CT molecular complexity index is 1740. The molecule has 6 rings (SSSR count). The first-order valence-corrected chi connectivity index (χ1v) is 11.9. The summed E-state index contributed by atoms with van der Waals surface area (Å²) in [6, 6.07) is 35.7. The maximum Gasteiger partial charge on any atom is 0.143 e. The summed E-state index contributed by atoms with van der Waals surface area (Å²) >= 11 is 0. The molecule has 2 nitrogen and oxygen atoms in total. The van der Waals surface area contributed by atoms with E-state index in [4.69, 9.17) is 4.42 Å². The molecule has 1 aromatic heterocycles. The molecule has 0 bridgehead atoms. The lowest BCUT2D eigenvalue weighted by atomic mass is 9.91. The number of rotatable bonds is 5. The van der Waals surface area contributed by atoms with Crippen LogP contribution in [0.5, 0.6) is 0 Å². The topological polar surface area (TPSA) is 25.2 Å². The molecule has 0 aliphatic rings. The van der Waals surface area contributed by atoms with Crippen LogP contribution < -0.4 is 5.32 Å². The maximum absolute atomic E-state index is 6.58. The van der Waals surface area contributed by atoms with Crippen LogP contribution >= 0.6 is 0 Å². The van der Waals surface area contributed by atoms with E-state index < -0.39 is 0 Å². The summed E-state index contributed by atoms with van der Waals surface area (Å²) in [7, 11) is 0. The first-order chi connectivity index (χ1) is 17.3. The molecule has 5 aromatic carbocycles. The highest BCUT2D eigenvalue weighted by atomic mass is 16.3. The highest BCUT2D eigenvalue weighted by Gasteiger charge is 2.19. The van der Waals surface area contributed by atoms with Crippen molar-refractivity contribution in [3.63, 3.8) is 0 Å². The third kappa shape index (κ3) is 3.60. The van der Waals surface area contributed by atoms with Gasteiger partial charge in [0, 0.05) is 27.7 Å². The molecule has 0 atom stereocenters. The quantitative estimate of drug-likeness (QED) is 0.282. The molecule has 1 N–H and O–H groups in total. The normalized spacial score (nSPS) is 11.9. The number of para-hydroxylation sites is 1. The summed E-state index contributed by atoms with van der Waals surface area (Å²) in [5.74, 6) is 0. The fourth-order valence-electron chi connectivity index (χ4n) is 4.99. The zero-order chi connectivity index (χ0) is 23.8. The zero-order valence-corrected chi connectivity index (χ0v) is 19.6. The van der Waals surface area contributed by atoms with E-state index in [0.29, 0.717) is 0 Å². The van der Waals surface area contributed by atoms with Crippen LogP contribution in [0, 0.1) is 0 Å². The van der Waals surface area contributed by atoms with E-state index in [0.717, 1.165) is 55.6 Å². The van der Waals surface area contributed by atoms with Crippen LogP contribution in [0.3, 0.4) is 0 Å². The van der Waals surface area contributed by atoms with Gasteiger partial charge in [0.1, 0.15) is 11.2 Å². The van der Waals surface area contributed by atoms with Gasteiger partial charge >= 0.3 is 0 Å². The number of allylic oxidation sites excluding steroid dienone is 1. The maximum atomic E-state index is 6.58. The van der Waals surface area contributed by atoms with Crippen molar-refractivity contribution in [1.82, 2.24) is 0 Å². The van der Waals surface area contributed by atoms with Gasteiger partial charge in [0.2, 0.25) is 0 Å². The van der Waals surface area contributed by atoms with Gasteiger partial charge in [-0.1, -0.05) is 91.5 Å². The summed E-state index contributed by atoms with van der Waals surface area (Å²) < 4.78 is 6.58. The number of hydrogen-bond acceptors (Lipinski definition) is 2. The standard InChI is InChI=1S/C33H25NO/c1-3-22-12-8-10-16-27(22)26(4-2)29-20-25(34-24-14-6-5-7-15-24)21-30-32-28-17-11-9-13-23(28)18-19-31(32)35-33(29)30/h3-21,34H,1H2,2H3/b26-4+. The van der Waals surface area contributed by atoms with E-state index in [1.165, 1.54) is 10.8 Å². The predicted molar refractivity (Wildman–Crippen MR) is 150 cm³/mol. The van der Waals surface area contributed by atoms with E-state index in [9.17, 15) is 0 Å². The van der Waals surface area contributed by atoms with E-state index >= 15 is 0 Å². The Balaban J connectivity index is 1.69. The molecule has 0 saturated heterocycles. The van der Waals surface area contributed by atoms with Crippen molar-refractivity contribution in [2.24, 2.45) is 0 Å². The minimum absolute atomic E-state index is 0.891. The van der Waals surface area contributed by atoms with Crippen molar-refractivity contribution in [1.29, 1.82) is 0 Å². The summed E-state index contributed by atoms with van der Waals surface area (Å²) in [4.78, 5) is 0. The highest BCUT2D eigenvalue weighted by molar-refractivity contribution is 6.21. The summed E-state index contributed by atoms with van der Waals surface area (Å²) in [6.07, 6.45) is 4.07. The van der Waals surface area contributed by atoms with Crippen LogP contribution in [0.15, 0.2) is 120 Å². The van der Waals surface area contributed by atoms with Gasteiger partial charge in [0.05, 0.1) is 0 Å². The molecule has 2 heteroatoms. The van der Waals surface area contributed by atoms with Crippen LogP contribution in [-0.2, 0) is 0 Å². The number of hydrogen-bond donors (Lipinski definition) is 1. The Labute approximate surface area is 204 Å². The lowest BCUT2D eigenvalue weighted by molar-refractivity contribution is 0.668. The summed E-state index contributed by atoms with van der Waals surface area (Å²) in [5.41, 5.74) is 8.24. The molecule has 0 radical (unpaired) electrons. The van der Waals surface area contributed by atoms with Gasteiger partial charge in [-0.2, -0.15) is 0 Å². The second kappa shape index (κ2) is 8.66. The van der Waals surface area contributed by atoms with Crippen LogP contribution in [0.4, 0.5) is 11.4 Å². The number of furan rings is 1. The minimum Gasteiger partial charge on any atom is -0.455 e. The van der Waals surface area contributed by atoms with Crippen LogP contribution in [0.25, 0.3) is 44.4 Å². The second-order valence-corrected chi connectivity index (χ2v) is 8.65. The highest BCUT2D eigenvalue weighted by Crippen LogP contribution is 2.42. The van der Waals surface area contributed by atoms with Gasteiger partial charge in [-0.3, -0.25) is 0 Å². The average Bonchev–Trinajstić information content (AvgIpc) is 3.29. The smallest absolute Gasteiger partial charge is 0.143 e. The molecule has 0 spiro atoms. The second-order valence-electron chi connectivity index (χ2n) is 8.65. The van der Waals surface area contributed by atoms with Gasteiger partial charge < -0.3 is 9.73 Å². The molecule has 0 unspecified atom stereocenters. The molecule has 6 aromatic rings. The van der Waals surface area contributed by atoms with Crippen molar-refractivity contribution in [3.05, 3.63) is 132 Å². The molecule has 0 aliphatic carbocycles. The van der Waals surface area contributed by atoms with E-state index in [1.54, 1.807) is 0 Å². The van der Waals surface area contributed by atoms with E-state index in [1.807, 2.05) is 30.3 Å². The molecular weight excluding hydrogens is 426 g/mol. The molecule has 168 valence electrons. The summed E-state index contributed by atoms with van der Waals surface area (Å²) in [6.45, 7) is 6.12. The number of nitrogens with one attached hydrogen (secondary N) is 1. The van der Waals surface area contributed by atoms with Crippen molar-refractivity contribution in [2.45, 2.75) is 6.92 Å². The van der Waals surface area contributed by atoms with Gasteiger partial charge in [0.15, 0.2) is 0 Å². The fraction of sp³-hybridized carbons (Fsp3) is 0.0303. The van der Waals surface area contributed by atoms with Gasteiger partial charge in [-0.25, -0.2) is 0 Å². The Morgan fingerprint density at radius 3 is 2.34 bits per heavy atom. The Kier molecular flexibility index (Phi) is 5.20. The zero-order valence-electron chi connectivity index (χ0n) is 19.6. The number of fused-ring (bicyclic) bond motifs is 5. The Morgan fingerprint density at radius 1 is 0.743 bits per heavy atom. The van der Waals surface area contributed by atoms with Crippen molar-refractivity contribution in [3.8, 4) is 0 Å². The first kappa shape index (κ1) is 21.0. The molecule has 0 amide bonds. The van der Waals surface area contributed by atoms with E-state index in [2.05, 4.69) is 104 Å². The molecule has 1 heterocycles. The number of benzene rings is 5. The third-order valence-electron chi connectivity index (χ3n) is 6.57. The molecular formula is C33H25NO. The SMILES string of the molecule is C=Cc1ccccc1/C(=C\C)c1cc(Nc2ccccc2)cc2c1oc1ccc3ccccc3c12. The van der Waals surface area contributed by atoms with Crippen molar-refractivity contribution < 1.29 is 4.42 Å². The summed E-state index contributed by atoms with van der Waals surface area (Å²) in [5, 5.41) is 8.25. The largest absolute Gasteiger partial charge is 0.455 e. The van der Waals surface area contributed by atoms with Gasteiger partial charge in [-0.05, 0) is 64.7 Å². The van der Waals surface area contributed by atoms with Crippen molar-refractivity contribution in [2.75, 3.05) is 5.32 Å². The van der Waals surface area contributed by atoms with Crippen molar-refractivity contribution >= 4 is 55.7 Å². The lowest BCUT2D eigenvalue weighted by Gasteiger charge is -2.14. The van der Waals surface area contributed by atoms with Crippen LogP contribution in [-0.4, -0.2) is 0 Å². The van der Waals surface area contributed by atoms with Crippen LogP contribution in [0.1, 0.15) is 23.6 Å².